The lowest BCUT2D eigenvalue weighted by molar-refractivity contribution is 0.584. The van der Waals surface area contributed by atoms with Gasteiger partial charge in [0.15, 0.2) is 0 Å². The van der Waals surface area contributed by atoms with Gasteiger partial charge in [0.1, 0.15) is 0 Å². The fourth-order valence-electron chi connectivity index (χ4n) is 1.88. The van der Waals surface area contributed by atoms with Crippen molar-refractivity contribution in [1.82, 2.24) is 4.72 Å². The van der Waals surface area contributed by atoms with Crippen LogP contribution in [0, 0.1) is 0 Å². The first-order valence-electron chi connectivity index (χ1n) is 7.14. The van der Waals surface area contributed by atoms with E-state index in [1.54, 1.807) is 31.2 Å². The van der Waals surface area contributed by atoms with Gasteiger partial charge in [-0.05, 0) is 43.7 Å². The zero-order valence-electron chi connectivity index (χ0n) is 12.1. The highest BCUT2D eigenvalue weighted by atomic mass is 32.2. The Morgan fingerprint density at radius 2 is 1.70 bits per heavy atom. The van der Waals surface area contributed by atoms with Gasteiger partial charge < -0.3 is 11.1 Å². The minimum absolute atomic E-state index is 0.299. The van der Waals surface area contributed by atoms with Crippen molar-refractivity contribution in [2.75, 3.05) is 25.0 Å². The van der Waals surface area contributed by atoms with Gasteiger partial charge in [0.2, 0.25) is 10.0 Å². The SMILES string of the molecule is CCNS(=O)(=O)c1ccc(NCCCCCCN)cc1. The van der Waals surface area contributed by atoms with Gasteiger partial charge >= 0.3 is 0 Å². The van der Waals surface area contributed by atoms with Crippen molar-refractivity contribution in [1.29, 1.82) is 0 Å². The largest absolute Gasteiger partial charge is 0.385 e. The summed E-state index contributed by atoms with van der Waals surface area (Å²) in [5, 5.41) is 3.29. The number of rotatable bonds is 10. The molecule has 0 aromatic heterocycles. The molecule has 4 N–H and O–H groups in total. The molecule has 0 bridgehead atoms. The van der Waals surface area contributed by atoms with Crippen LogP contribution < -0.4 is 15.8 Å². The molecule has 0 fully saturated rings. The molecule has 0 aliphatic carbocycles. The summed E-state index contributed by atoms with van der Waals surface area (Å²) in [6, 6.07) is 6.83. The van der Waals surface area contributed by atoms with Crippen molar-refractivity contribution in [3.63, 3.8) is 0 Å². The van der Waals surface area contributed by atoms with Crippen LogP contribution in [0.15, 0.2) is 29.2 Å². The molecule has 0 aliphatic rings. The van der Waals surface area contributed by atoms with Crippen molar-refractivity contribution in [3.05, 3.63) is 24.3 Å². The molecule has 0 saturated heterocycles. The molecule has 0 atom stereocenters. The molecule has 0 saturated carbocycles. The molecule has 0 aliphatic heterocycles. The number of benzene rings is 1. The first kappa shape index (κ1) is 16.9. The van der Waals surface area contributed by atoms with Crippen molar-refractivity contribution in [2.45, 2.75) is 37.5 Å². The van der Waals surface area contributed by atoms with Gasteiger partial charge in [-0.1, -0.05) is 19.8 Å². The summed E-state index contributed by atoms with van der Waals surface area (Å²) >= 11 is 0. The highest BCUT2D eigenvalue weighted by Gasteiger charge is 2.11. The molecule has 1 aromatic carbocycles. The molecule has 0 amide bonds. The lowest BCUT2D eigenvalue weighted by atomic mass is 10.2. The van der Waals surface area contributed by atoms with E-state index in [0.717, 1.165) is 44.5 Å². The molecular weight excluding hydrogens is 274 g/mol. The zero-order chi connectivity index (χ0) is 14.8. The Morgan fingerprint density at radius 1 is 1.05 bits per heavy atom. The highest BCUT2D eigenvalue weighted by molar-refractivity contribution is 7.89. The number of nitrogens with two attached hydrogens (primary N) is 1. The number of nitrogens with one attached hydrogen (secondary N) is 2. The van der Waals surface area contributed by atoms with Crippen LogP contribution in [0.3, 0.4) is 0 Å². The van der Waals surface area contributed by atoms with Crippen molar-refractivity contribution >= 4 is 15.7 Å². The summed E-state index contributed by atoms with van der Waals surface area (Å²) in [7, 11) is -3.35. The van der Waals surface area contributed by atoms with E-state index in [9.17, 15) is 8.42 Å². The van der Waals surface area contributed by atoms with Crippen LogP contribution in [0.5, 0.6) is 0 Å². The Hall–Kier alpha value is -1.11. The smallest absolute Gasteiger partial charge is 0.240 e. The average Bonchev–Trinajstić information content (AvgIpc) is 2.43. The minimum Gasteiger partial charge on any atom is -0.385 e. The van der Waals surface area contributed by atoms with Crippen molar-refractivity contribution in [2.24, 2.45) is 5.73 Å². The van der Waals surface area contributed by atoms with Gasteiger partial charge in [-0.2, -0.15) is 0 Å². The predicted octanol–water partition coefficient (Wildman–Crippen LogP) is 1.92. The van der Waals surface area contributed by atoms with E-state index in [4.69, 9.17) is 5.73 Å². The number of hydrogen-bond donors (Lipinski definition) is 3. The first-order valence-corrected chi connectivity index (χ1v) is 8.62. The summed E-state index contributed by atoms with van der Waals surface area (Å²) in [6.07, 6.45) is 4.50. The standard InChI is InChI=1S/C14H25N3O2S/c1-2-17-20(18,19)14-9-7-13(8-10-14)16-12-6-4-3-5-11-15/h7-10,16-17H,2-6,11-12,15H2,1H3. The van der Waals surface area contributed by atoms with Gasteiger partial charge in [0, 0.05) is 18.8 Å². The third kappa shape index (κ3) is 5.90. The second-order valence-electron chi connectivity index (χ2n) is 4.66. The molecule has 5 nitrogen and oxygen atoms in total. The summed E-state index contributed by atoms with van der Waals surface area (Å²) < 4.78 is 26.0. The van der Waals surface area contributed by atoms with Gasteiger partial charge in [-0.3, -0.25) is 0 Å². The maximum atomic E-state index is 11.8. The summed E-state index contributed by atoms with van der Waals surface area (Å²) in [5.41, 5.74) is 6.38. The Balaban J connectivity index is 2.39. The number of hydrogen-bond acceptors (Lipinski definition) is 4. The Kier molecular flexibility index (Phi) is 7.58. The Morgan fingerprint density at radius 3 is 2.30 bits per heavy atom. The lowest BCUT2D eigenvalue weighted by Crippen LogP contribution is -2.23. The van der Waals surface area contributed by atoms with Crippen LogP contribution in [0.25, 0.3) is 0 Å². The van der Waals surface area contributed by atoms with E-state index in [1.807, 2.05) is 0 Å². The quantitative estimate of drug-likeness (QED) is 0.576. The average molecular weight is 299 g/mol. The molecule has 1 rings (SSSR count). The highest BCUT2D eigenvalue weighted by Crippen LogP contribution is 2.14. The normalized spacial score (nSPS) is 11.5. The molecule has 6 heteroatoms. The first-order chi connectivity index (χ1) is 9.60. The summed E-state index contributed by atoms with van der Waals surface area (Å²) in [4.78, 5) is 0.299. The van der Waals surface area contributed by atoms with Gasteiger partial charge in [-0.25, -0.2) is 13.1 Å². The maximum absolute atomic E-state index is 11.8. The number of sulfonamides is 1. The second kappa shape index (κ2) is 8.94. The summed E-state index contributed by atoms with van der Waals surface area (Å²) in [5.74, 6) is 0. The molecule has 1 aromatic rings. The maximum Gasteiger partial charge on any atom is 0.240 e. The van der Waals surface area contributed by atoms with E-state index >= 15 is 0 Å². The number of unbranched alkanes of at least 4 members (excludes halogenated alkanes) is 3. The third-order valence-corrected chi connectivity index (χ3v) is 4.52. The topological polar surface area (TPSA) is 84.2 Å². The zero-order valence-corrected chi connectivity index (χ0v) is 12.9. The molecule has 0 unspecified atom stereocenters. The van der Waals surface area contributed by atoms with Crippen LogP contribution in [-0.4, -0.2) is 28.1 Å². The molecule has 0 spiro atoms. The number of anilines is 1. The van der Waals surface area contributed by atoms with E-state index in [1.165, 1.54) is 0 Å². The second-order valence-corrected chi connectivity index (χ2v) is 6.42. The van der Waals surface area contributed by atoms with Crippen LogP contribution in [0.4, 0.5) is 5.69 Å². The molecular formula is C14H25N3O2S. The predicted molar refractivity (Wildman–Crippen MR) is 83.3 cm³/mol. The van der Waals surface area contributed by atoms with Crippen molar-refractivity contribution < 1.29 is 8.42 Å². The monoisotopic (exact) mass is 299 g/mol. The fourth-order valence-corrected chi connectivity index (χ4v) is 2.92. The van der Waals surface area contributed by atoms with Gasteiger partial charge in [-0.15, -0.1) is 0 Å². The molecule has 0 heterocycles. The van der Waals surface area contributed by atoms with E-state index in [-0.39, 0.29) is 0 Å². The third-order valence-electron chi connectivity index (χ3n) is 2.96. The minimum atomic E-state index is -3.35. The van der Waals surface area contributed by atoms with E-state index in [2.05, 4.69) is 10.0 Å². The van der Waals surface area contributed by atoms with Crippen LogP contribution in [-0.2, 0) is 10.0 Å². The lowest BCUT2D eigenvalue weighted by Gasteiger charge is -2.08. The molecule has 0 radical (unpaired) electrons. The van der Waals surface area contributed by atoms with Gasteiger partial charge in [0.05, 0.1) is 4.90 Å². The molecule has 20 heavy (non-hydrogen) atoms. The Labute approximate surface area is 122 Å². The van der Waals surface area contributed by atoms with Crippen LogP contribution >= 0.6 is 0 Å². The van der Waals surface area contributed by atoms with E-state index in [0.29, 0.717) is 11.4 Å². The van der Waals surface area contributed by atoms with E-state index < -0.39 is 10.0 Å². The van der Waals surface area contributed by atoms with Crippen LogP contribution in [0.1, 0.15) is 32.6 Å². The summed E-state index contributed by atoms with van der Waals surface area (Å²) in [6.45, 7) is 3.81. The fraction of sp³-hybridized carbons (Fsp3) is 0.571. The van der Waals surface area contributed by atoms with Crippen molar-refractivity contribution in [3.8, 4) is 0 Å². The van der Waals surface area contributed by atoms with Gasteiger partial charge in [0.25, 0.3) is 0 Å². The van der Waals surface area contributed by atoms with Crippen LogP contribution in [0.2, 0.25) is 0 Å². The Bertz CT molecular complexity index is 472. The molecule has 114 valence electrons.